The van der Waals surface area contributed by atoms with Gasteiger partial charge < -0.3 is 4.42 Å². The average Bonchev–Trinajstić information content (AvgIpc) is 3.32. The molecule has 0 aliphatic carbocycles. The van der Waals surface area contributed by atoms with Gasteiger partial charge in [-0.2, -0.15) is 0 Å². The lowest BCUT2D eigenvalue weighted by atomic mass is 9.86. The van der Waals surface area contributed by atoms with E-state index in [-0.39, 0.29) is 0 Å². The molecule has 0 aliphatic heterocycles. The van der Waals surface area contributed by atoms with Crippen LogP contribution in [0.1, 0.15) is 34.6 Å². The number of rotatable bonds is 2. The Labute approximate surface area is 219 Å². The highest BCUT2D eigenvalue weighted by Crippen LogP contribution is 2.44. The smallest absolute Gasteiger partial charge is 0.144 e. The van der Waals surface area contributed by atoms with Crippen molar-refractivity contribution in [3.63, 3.8) is 0 Å². The highest BCUT2D eigenvalue weighted by Gasteiger charge is 2.19. The highest BCUT2D eigenvalue weighted by atomic mass is 16.3. The number of hydrogen-bond acceptors (Lipinski definition) is 2. The number of aromatic nitrogens is 1. The Morgan fingerprint density at radius 2 is 1.35 bits per heavy atom. The minimum atomic E-state index is -1.52. The minimum absolute atomic E-state index is 0.565. The molecule has 0 N–H and O–H groups in total. The molecule has 0 spiro atoms. The van der Waals surface area contributed by atoms with Gasteiger partial charge in [-0.1, -0.05) is 81.4 Å². The van der Waals surface area contributed by atoms with Crippen molar-refractivity contribution < 1.29 is 7.16 Å². The lowest BCUT2D eigenvalue weighted by Crippen LogP contribution is -2.10. The Balaban J connectivity index is 1.58. The largest absolute Gasteiger partial charge is 0.455 e. The second-order valence-electron chi connectivity index (χ2n) is 11.0. The molecule has 7 rings (SSSR count). The lowest BCUT2D eigenvalue weighted by molar-refractivity contribution is 0.410. The van der Waals surface area contributed by atoms with Crippen molar-refractivity contribution in [3.05, 3.63) is 102 Å². The summed E-state index contributed by atoms with van der Waals surface area (Å²) in [4.78, 5) is 4.75. The van der Waals surface area contributed by atoms with Gasteiger partial charge in [0.2, 0.25) is 0 Å². The number of nitrogens with zero attached hydrogens (tertiary/aromatic N) is 1. The van der Waals surface area contributed by atoms with Crippen LogP contribution in [0.4, 0.5) is 0 Å². The Kier molecular flexibility index (Phi) is 4.27. The van der Waals surface area contributed by atoms with E-state index >= 15 is 0 Å². The second-order valence-corrected chi connectivity index (χ2v) is 11.0. The van der Waals surface area contributed by atoms with Gasteiger partial charge in [-0.05, 0) is 81.0 Å². The van der Waals surface area contributed by atoms with Crippen molar-refractivity contribution in [1.29, 1.82) is 0 Å². The van der Waals surface area contributed by atoms with Gasteiger partial charge >= 0.3 is 0 Å². The van der Waals surface area contributed by atoms with E-state index in [1.165, 1.54) is 32.3 Å². The molecule has 0 fully saturated rings. The topological polar surface area (TPSA) is 26.0 Å². The van der Waals surface area contributed by atoms with Crippen LogP contribution in [0.5, 0.6) is 0 Å². The van der Waals surface area contributed by atoms with Crippen LogP contribution >= 0.6 is 0 Å². The second kappa shape index (κ2) is 7.91. The maximum absolute atomic E-state index is 8.92. The first-order valence-electron chi connectivity index (χ1n) is 13.8. The molecule has 0 amide bonds. The van der Waals surface area contributed by atoms with Gasteiger partial charge in [0.05, 0.1) is 5.69 Å². The van der Waals surface area contributed by atoms with Crippen LogP contribution in [-0.4, -0.2) is 4.98 Å². The Bertz CT molecular complexity index is 2060. The molecule has 0 unspecified atom stereocenters. The average molecular weight is 482 g/mol. The van der Waals surface area contributed by atoms with Crippen LogP contribution in [0.2, 0.25) is 0 Å². The number of fused-ring (bicyclic) bond motifs is 10. The van der Waals surface area contributed by atoms with Crippen molar-refractivity contribution in [2.45, 2.75) is 34.1 Å². The van der Waals surface area contributed by atoms with E-state index in [0.29, 0.717) is 11.3 Å². The zero-order chi connectivity index (χ0) is 27.1. The van der Waals surface area contributed by atoms with E-state index < -0.39 is 11.8 Å². The molecule has 180 valence electrons. The number of furan rings is 1. The molecule has 5 aromatic carbocycles. The Morgan fingerprint density at radius 1 is 0.730 bits per heavy atom. The molecule has 7 aromatic rings. The Hall–Kier alpha value is -4.17. The van der Waals surface area contributed by atoms with Gasteiger partial charge in [-0.25, -0.2) is 0 Å². The summed E-state index contributed by atoms with van der Waals surface area (Å²) in [5.74, 6) is 0. The van der Waals surface area contributed by atoms with Gasteiger partial charge in [0.1, 0.15) is 11.2 Å². The summed E-state index contributed by atoms with van der Waals surface area (Å²) in [6.07, 6.45) is 0.261. The fraction of sp³-hybridized carbons (Fsp3) is 0.171. The summed E-state index contributed by atoms with van der Waals surface area (Å²) in [7, 11) is 0. The zero-order valence-electron chi connectivity index (χ0n) is 23.5. The third kappa shape index (κ3) is 3.43. The first-order valence-corrected chi connectivity index (χ1v) is 12.8. The summed E-state index contributed by atoms with van der Waals surface area (Å²) in [5.41, 5.74) is 4.14. The van der Waals surface area contributed by atoms with Crippen LogP contribution in [-0.2, 0) is 6.37 Å². The number of hydrogen-bond donors (Lipinski definition) is 0. The molecule has 2 heteroatoms. The molecule has 2 nitrogen and oxygen atoms in total. The van der Waals surface area contributed by atoms with Gasteiger partial charge in [0, 0.05) is 30.7 Å². The molecule has 0 saturated carbocycles. The third-order valence-electron chi connectivity index (χ3n) is 7.26. The van der Waals surface area contributed by atoms with Gasteiger partial charge in [0.15, 0.2) is 0 Å². The highest BCUT2D eigenvalue weighted by molar-refractivity contribution is 6.34. The normalized spacial score (nSPS) is 13.6. The molecule has 0 saturated heterocycles. The first-order chi connectivity index (χ1) is 18.7. The molecule has 37 heavy (non-hydrogen) atoms. The van der Waals surface area contributed by atoms with E-state index in [1.807, 2.05) is 45.9 Å². The standard InChI is InChI=1S/C35H29NO/c1-21-20-36-30(18-22(21)19-35(2,3)4)28-14-9-15-29-33-31(37-34(28)29)17-16-27-25-12-6-5-10-23(25)24-11-7-8-13-26(24)32(27)33/h5-18,20H,19H2,1-4H3/i19D2. The van der Waals surface area contributed by atoms with Crippen molar-refractivity contribution in [1.82, 2.24) is 4.98 Å². The van der Waals surface area contributed by atoms with Crippen LogP contribution < -0.4 is 0 Å². The van der Waals surface area contributed by atoms with Crippen molar-refractivity contribution in [2.75, 3.05) is 0 Å². The van der Waals surface area contributed by atoms with Crippen molar-refractivity contribution in [3.8, 4) is 11.3 Å². The number of benzene rings is 5. The van der Waals surface area contributed by atoms with Gasteiger partial charge in [0.25, 0.3) is 0 Å². The van der Waals surface area contributed by atoms with Crippen molar-refractivity contribution >= 4 is 54.3 Å². The molecule has 0 radical (unpaired) electrons. The fourth-order valence-corrected chi connectivity index (χ4v) is 5.69. The predicted octanol–water partition coefficient (Wildman–Crippen LogP) is 10.0. The summed E-state index contributed by atoms with van der Waals surface area (Å²) >= 11 is 0. The van der Waals surface area contributed by atoms with E-state index in [4.69, 9.17) is 12.1 Å². The first kappa shape index (κ1) is 20.0. The van der Waals surface area contributed by atoms with Crippen LogP contribution in [0, 0.1) is 12.3 Å². The summed E-state index contributed by atoms with van der Waals surface area (Å²) < 4.78 is 24.4. The third-order valence-corrected chi connectivity index (χ3v) is 7.26. The van der Waals surface area contributed by atoms with Gasteiger partial charge in [-0.3, -0.25) is 4.98 Å². The monoisotopic (exact) mass is 481 g/mol. The number of para-hydroxylation sites is 1. The summed E-state index contributed by atoms with van der Waals surface area (Å²) in [6, 6.07) is 29.6. The molecule has 0 aliphatic rings. The van der Waals surface area contributed by atoms with Crippen LogP contribution in [0.15, 0.2) is 95.5 Å². The maximum Gasteiger partial charge on any atom is 0.144 e. The lowest BCUT2D eigenvalue weighted by Gasteiger charge is -2.20. The number of pyridine rings is 1. The maximum atomic E-state index is 8.92. The van der Waals surface area contributed by atoms with Gasteiger partial charge in [-0.15, -0.1) is 0 Å². The predicted molar refractivity (Wildman–Crippen MR) is 157 cm³/mol. The molecule has 2 heterocycles. The van der Waals surface area contributed by atoms with Crippen LogP contribution in [0.3, 0.4) is 0 Å². The molecule has 0 bridgehead atoms. The SMILES string of the molecule is [2H]C([2H])(c1cc(-c2cccc3c2oc2ccc4c5ccccc5c5ccccc5c4c23)ncc1C)C(C)(C)C. The van der Waals surface area contributed by atoms with E-state index in [9.17, 15) is 0 Å². The zero-order valence-corrected chi connectivity index (χ0v) is 21.5. The Morgan fingerprint density at radius 3 is 2.05 bits per heavy atom. The number of aryl methyl sites for hydroxylation is 1. The summed E-state index contributed by atoms with van der Waals surface area (Å²) in [6.45, 7) is 7.74. The van der Waals surface area contributed by atoms with E-state index in [1.54, 1.807) is 6.20 Å². The van der Waals surface area contributed by atoms with Crippen molar-refractivity contribution in [2.24, 2.45) is 5.41 Å². The fourth-order valence-electron chi connectivity index (χ4n) is 5.69. The minimum Gasteiger partial charge on any atom is -0.455 e. The molecular formula is C35H29NO. The van der Waals surface area contributed by atoms with E-state index in [0.717, 1.165) is 33.1 Å². The summed E-state index contributed by atoms with van der Waals surface area (Å²) in [5, 5.41) is 9.45. The molecule has 2 aromatic heterocycles. The molecule has 0 atom stereocenters. The molecular weight excluding hydrogens is 450 g/mol. The van der Waals surface area contributed by atoms with E-state index in [2.05, 4.69) is 66.7 Å². The quantitative estimate of drug-likeness (QED) is 0.230. The van der Waals surface area contributed by atoms with Crippen LogP contribution in [0.25, 0.3) is 65.5 Å².